The Hall–Kier alpha value is -1.32. The van der Waals surface area contributed by atoms with Crippen LogP contribution in [0.2, 0.25) is 0 Å². The van der Waals surface area contributed by atoms with Gasteiger partial charge >= 0.3 is 0 Å². The van der Waals surface area contributed by atoms with E-state index in [0.29, 0.717) is 12.5 Å². The van der Waals surface area contributed by atoms with Crippen molar-refractivity contribution in [2.75, 3.05) is 19.6 Å². The predicted octanol–water partition coefficient (Wildman–Crippen LogP) is 1.33. The smallest absolute Gasteiger partial charge is 0.246 e. The molecule has 0 aromatic rings. The zero-order chi connectivity index (χ0) is 13.0. The first-order chi connectivity index (χ1) is 8.70. The second-order valence-electron chi connectivity index (χ2n) is 5.31. The lowest BCUT2D eigenvalue weighted by Gasteiger charge is -2.31. The van der Waals surface area contributed by atoms with Crippen LogP contribution in [0.15, 0.2) is 12.2 Å². The summed E-state index contributed by atoms with van der Waals surface area (Å²) in [7, 11) is 0. The Kier molecular flexibility index (Phi) is 4.39. The minimum absolute atomic E-state index is 0.0216. The van der Waals surface area contributed by atoms with E-state index in [1.807, 2.05) is 6.92 Å². The molecule has 4 heteroatoms. The molecule has 0 bridgehead atoms. The quantitative estimate of drug-likeness (QED) is 0.765. The minimum atomic E-state index is -0.0216. The third-order valence-electron chi connectivity index (χ3n) is 3.67. The van der Waals surface area contributed by atoms with Crippen molar-refractivity contribution in [3.05, 3.63) is 12.2 Å². The molecule has 1 aliphatic heterocycles. The molecule has 2 fully saturated rings. The molecule has 1 atom stereocenters. The molecular formula is C14H22N2O2. The summed E-state index contributed by atoms with van der Waals surface area (Å²) in [6.07, 6.45) is 7.64. The fourth-order valence-corrected chi connectivity index (χ4v) is 2.35. The number of piperidine rings is 1. The van der Waals surface area contributed by atoms with Crippen LogP contribution in [0.25, 0.3) is 0 Å². The van der Waals surface area contributed by atoms with Gasteiger partial charge in [0.1, 0.15) is 0 Å². The Bertz CT molecular complexity index is 348. The number of nitrogens with one attached hydrogen (secondary N) is 1. The second kappa shape index (κ2) is 6.03. The SMILES string of the molecule is CC=CC(=O)N1CCCC(C(=O)NCC2CC2)C1. The largest absolute Gasteiger partial charge is 0.356 e. The molecule has 1 unspecified atom stereocenters. The summed E-state index contributed by atoms with van der Waals surface area (Å²) in [5, 5.41) is 3.01. The minimum Gasteiger partial charge on any atom is -0.356 e. The van der Waals surface area contributed by atoms with Gasteiger partial charge in [-0.2, -0.15) is 0 Å². The molecule has 2 rings (SSSR count). The Balaban J connectivity index is 1.81. The Morgan fingerprint density at radius 3 is 2.78 bits per heavy atom. The van der Waals surface area contributed by atoms with Crippen LogP contribution in [-0.4, -0.2) is 36.3 Å². The van der Waals surface area contributed by atoms with Crippen molar-refractivity contribution < 1.29 is 9.59 Å². The van der Waals surface area contributed by atoms with Crippen molar-refractivity contribution in [2.24, 2.45) is 11.8 Å². The molecule has 2 amide bonds. The average Bonchev–Trinajstić information content (AvgIpc) is 3.20. The van der Waals surface area contributed by atoms with Crippen molar-refractivity contribution in [1.29, 1.82) is 0 Å². The van der Waals surface area contributed by atoms with E-state index in [1.165, 1.54) is 12.8 Å². The number of likely N-dealkylation sites (tertiary alicyclic amines) is 1. The van der Waals surface area contributed by atoms with E-state index in [4.69, 9.17) is 0 Å². The van der Waals surface area contributed by atoms with E-state index in [-0.39, 0.29) is 17.7 Å². The average molecular weight is 250 g/mol. The molecule has 1 N–H and O–H groups in total. The van der Waals surface area contributed by atoms with E-state index in [2.05, 4.69) is 5.32 Å². The van der Waals surface area contributed by atoms with Gasteiger partial charge in [0.25, 0.3) is 0 Å². The van der Waals surface area contributed by atoms with E-state index < -0.39 is 0 Å². The maximum Gasteiger partial charge on any atom is 0.246 e. The molecule has 1 saturated carbocycles. The summed E-state index contributed by atoms with van der Waals surface area (Å²) in [5.74, 6) is 0.835. The first-order valence-electron chi connectivity index (χ1n) is 6.90. The van der Waals surface area contributed by atoms with Crippen LogP contribution in [0.1, 0.15) is 32.6 Å². The van der Waals surface area contributed by atoms with Crippen molar-refractivity contribution in [1.82, 2.24) is 10.2 Å². The van der Waals surface area contributed by atoms with Gasteiger partial charge in [-0.25, -0.2) is 0 Å². The Labute approximate surface area is 108 Å². The van der Waals surface area contributed by atoms with Crippen molar-refractivity contribution >= 4 is 11.8 Å². The third-order valence-corrected chi connectivity index (χ3v) is 3.67. The fraction of sp³-hybridized carbons (Fsp3) is 0.714. The lowest BCUT2D eigenvalue weighted by atomic mass is 9.97. The van der Waals surface area contributed by atoms with Gasteiger partial charge in [0, 0.05) is 19.6 Å². The number of hydrogen-bond acceptors (Lipinski definition) is 2. The first kappa shape index (κ1) is 13.1. The lowest BCUT2D eigenvalue weighted by molar-refractivity contribution is -0.132. The molecule has 0 aromatic carbocycles. The molecule has 0 spiro atoms. The number of carbonyl (C=O) groups is 2. The van der Waals surface area contributed by atoms with Crippen LogP contribution < -0.4 is 5.32 Å². The highest BCUT2D eigenvalue weighted by molar-refractivity contribution is 5.88. The topological polar surface area (TPSA) is 49.4 Å². The van der Waals surface area contributed by atoms with Crippen LogP contribution in [0.3, 0.4) is 0 Å². The lowest BCUT2D eigenvalue weighted by Crippen LogP contribution is -2.45. The van der Waals surface area contributed by atoms with Crippen LogP contribution in [0, 0.1) is 11.8 Å². The summed E-state index contributed by atoms with van der Waals surface area (Å²) in [4.78, 5) is 25.5. The molecule has 1 saturated heterocycles. The number of allylic oxidation sites excluding steroid dienone is 1. The Morgan fingerprint density at radius 2 is 2.11 bits per heavy atom. The van der Waals surface area contributed by atoms with Gasteiger partial charge in [0.15, 0.2) is 0 Å². The summed E-state index contributed by atoms with van der Waals surface area (Å²) in [6, 6.07) is 0. The number of hydrogen-bond donors (Lipinski definition) is 1. The number of nitrogens with zero attached hydrogens (tertiary/aromatic N) is 1. The normalized spacial score (nSPS) is 24.3. The second-order valence-corrected chi connectivity index (χ2v) is 5.31. The van der Waals surface area contributed by atoms with Crippen molar-refractivity contribution in [2.45, 2.75) is 32.6 Å². The third kappa shape index (κ3) is 3.59. The maximum atomic E-state index is 12.0. The van der Waals surface area contributed by atoms with Gasteiger partial charge in [-0.05, 0) is 44.6 Å². The first-order valence-corrected chi connectivity index (χ1v) is 6.90. The van der Waals surface area contributed by atoms with E-state index >= 15 is 0 Å². The molecule has 1 aliphatic carbocycles. The van der Waals surface area contributed by atoms with Gasteiger partial charge in [-0.1, -0.05) is 6.08 Å². The van der Waals surface area contributed by atoms with E-state index in [9.17, 15) is 9.59 Å². The van der Waals surface area contributed by atoms with Crippen LogP contribution in [0.5, 0.6) is 0 Å². The molecule has 2 aliphatic rings. The van der Waals surface area contributed by atoms with Gasteiger partial charge < -0.3 is 10.2 Å². The van der Waals surface area contributed by atoms with Gasteiger partial charge in [-0.15, -0.1) is 0 Å². The highest BCUT2D eigenvalue weighted by atomic mass is 16.2. The molecule has 1 heterocycles. The molecular weight excluding hydrogens is 228 g/mol. The van der Waals surface area contributed by atoms with Crippen LogP contribution >= 0.6 is 0 Å². The molecule has 0 radical (unpaired) electrons. The summed E-state index contributed by atoms with van der Waals surface area (Å²) in [6.45, 7) is 4.00. The van der Waals surface area contributed by atoms with Crippen molar-refractivity contribution in [3.63, 3.8) is 0 Å². The number of carbonyl (C=O) groups excluding carboxylic acids is 2. The number of rotatable bonds is 4. The summed E-state index contributed by atoms with van der Waals surface area (Å²) in [5.41, 5.74) is 0. The molecule has 100 valence electrons. The maximum absolute atomic E-state index is 12.0. The van der Waals surface area contributed by atoms with Gasteiger partial charge in [0.05, 0.1) is 5.92 Å². The summed E-state index contributed by atoms with van der Waals surface area (Å²) >= 11 is 0. The monoisotopic (exact) mass is 250 g/mol. The Morgan fingerprint density at radius 1 is 1.33 bits per heavy atom. The highest BCUT2D eigenvalue weighted by Gasteiger charge is 2.29. The summed E-state index contributed by atoms with van der Waals surface area (Å²) < 4.78 is 0. The van der Waals surface area contributed by atoms with Crippen molar-refractivity contribution in [3.8, 4) is 0 Å². The van der Waals surface area contributed by atoms with Crippen LogP contribution in [-0.2, 0) is 9.59 Å². The van der Waals surface area contributed by atoms with E-state index in [0.717, 1.165) is 25.9 Å². The van der Waals surface area contributed by atoms with Gasteiger partial charge in [0.2, 0.25) is 11.8 Å². The standard InChI is InChI=1S/C14H22N2O2/c1-2-4-13(17)16-8-3-5-12(10-16)14(18)15-9-11-6-7-11/h2,4,11-12H,3,5-10H2,1H3,(H,15,18). The molecule has 18 heavy (non-hydrogen) atoms. The van der Waals surface area contributed by atoms with Crippen LogP contribution in [0.4, 0.5) is 0 Å². The number of amides is 2. The molecule has 4 nitrogen and oxygen atoms in total. The predicted molar refractivity (Wildman–Crippen MR) is 69.9 cm³/mol. The fourth-order valence-electron chi connectivity index (χ4n) is 2.35. The zero-order valence-corrected chi connectivity index (χ0v) is 11.0. The zero-order valence-electron chi connectivity index (χ0n) is 11.0. The highest BCUT2D eigenvalue weighted by Crippen LogP contribution is 2.27. The van der Waals surface area contributed by atoms with Gasteiger partial charge in [-0.3, -0.25) is 9.59 Å². The molecule has 0 aromatic heterocycles. The van der Waals surface area contributed by atoms with E-state index in [1.54, 1.807) is 17.1 Å².